The van der Waals surface area contributed by atoms with Crippen molar-refractivity contribution >= 4 is 29.0 Å². The van der Waals surface area contributed by atoms with E-state index in [1.807, 2.05) is 11.8 Å². The maximum absolute atomic E-state index is 13.3. The van der Waals surface area contributed by atoms with E-state index in [2.05, 4.69) is 11.8 Å². The summed E-state index contributed by atoms with van der Waals surface area (Å²) >= 11 is 7.00. The smallest absolute Gasteiger partial charge is 0.123 e. The molecule has 1 aliphatic heterocycles. The van der Waals surface area contributed by atoms with Gasteiger partial charge < -0.3 is 5.73 Å². The van der Waals surface area contributed by atoms with Gasteiger partial charge in [-0.2, -0.15) is 11.8 Å². The highest BCUT2D eigenvalue weighted by Gasteiger charge is 2.18. The predicted molar refractivity (Wildman–Crippen MR) is 79.5 cm³/mol. The number of thioether (sulfide) groups is 1. The van der Waals surface area contributed by atoms with Gasteiger partial charge in [-0.1, -0.05) is 19.1 Å². The summed E-state index contributed by atoms with van der Waals surface area (Å²) in [4.78, 5) is 2.67. The Bertz CT molecular complexity index is 451. The topological polar surface area (TPSA) is 29.3 Å². The van der Waals surface area contributed by atoms with Gasteiger partial charge in [0.15, 0.2) is 0 Å². The Morgan fingerprint density at radius 1 is 1.61 bits per heavy atom. The molecule has 0 spiro atoms. The average molecular weight is 284 g/mol. The maximum Gasteiger partial charge on any atom is 0.123 e. The third-order valence-electron chi connectivity index (χ3n) is 3.05. The summed E-state index contributed by atoms with van der Waals surface area (Å²) in [7, 11) is 0. The van der Waals surface area contributed by atoms with E-state index in [1.54, 1.807) is 12.1 Å². The Balaban J connectivity index is 2.16. The molecule has 0 bridgehead atoms. The molecule has 1 atom stereocenters. The van der Waals surface area contributed by atoms with Crippen LogP contribution in [0.3, 0.4) is 0 Å². The fourth-order valence-corrected chi connectivity index (χ4v) is 3.49. The normalized spacial score (nSPS) is 20.9. The standard InChI is InChI=1S/C13H17FN2S2/c1-9-7-16(4-5-18-9)8-10-6-11(14)2-3-12(10)13(15)17/h2-3,6,9H,4-5,7-8H2,1H3,(H2,15,17). The van der Waals surface area contributed by atoms with E-state index in [4.69, 9.17) is 18.0 Å². The van der Waals surface area contributed by atoms with Crippen molar-refractivity contribution in [2.45, 2.75) is 18.7 Å². The summed E-state index contributed by atoms with van der Waals surface area (Å²) in [6, 6.07) is 4.63. The number of hydrogen-bond acceptors (Lipinski definition) is 3. The third-order valence-corrected chi connectivity index (χ3v) is 4.41. The van der Waals surface area contributed by atoms with Gasteiger partial charge in [0.05, 0.1) is 0 Å². The molecule has 1 heterocycles. The minimum atomic E-state index is -0.232. The first-order valence-electron chi connectivity index (χ1n) is 5.98. The van der Waals surface area contributed by atoms with Gasteiger partial charge in [-0.05, 0) is 23.8 Å². The van der Waals surface area contributed by atoms with E-state index in [9.17, 15) is 4.39 Å². The van der Waals surface area contributed by atoms with Gasteiger partial charge >= 0.3 is 0 Å². The van der Waals surface area contributed by atoms with E-state index < -0.39 is 0 Å². The lowest BCUT2D eigenvalue weighted by atomic mass is 10.1. The molecule has 5 heteroatoms. The molecule has 98 valence electrons. The molecule has 0 aromatic heterocycles. The van der Waals surface area contributed by atoms with Crippen molar-refractivity contribution in [1.29, 1.82) is 0 Å². The lowest BCUT2D eigenvalue weighted by molar-refractivity contribution is 0.278. The second kappa shape index (κ2) is 5.99. The molecule has 1 unspecified atom stereocenters. The van der Waals surface area contributed by atoms with Crippen LogP contribution in [0.1, 0.15) is 18.1 Å². The third kappa shape index (κ3) is 3.43. The van der Waals surface area contributed by atoms with E-state index >= 15 is 0 Å². The van der Waals surface area contributed by atoms with Crippen molar-refractivity contribution in [3.05, 3.63) is 35.1 Å². The van der Waals surface area contributed by atoms with Crippen molar-refractivity contribution < 1.29 is 4.39 Å². The minimum Gasteiger partial charge on any atom is -0.389 e. The van der Waals surface area contributed by atoms with Gasteiger partial charge in [0, 0.05) is 36.2 Å². The Morgan fingerprint density at radius 3 is 3.06 bits per heavy atom. The zero-order valence-electron chi connectivity index (χ0n) is 10.4. The number of halogens is 1. The number of nitrogens with zero attached hydrogens (tertiary/aromatic N) is 1. The van der Waals surface area contributed by atoms with Gasteiger partial charge in [0.1, 0.15) is 10.8 Å². The molecule has 1 aromatic rings. The number of rotatable bonds is 3. The molecule has 0 amide bonds. The zero-order valence-corrected chi connectivity index (χ0v) is 12.0. The summed E-state index contributed by atoms with van der Waals surface area (Å²) in [5.74, 6) is 0.892. The van der Waals surface area contributed by atoms with Crippen molar-refractivity contribution in [3.63, 3.8) is 0 Å². The Hall–Kier alpha value is -0.650. The molecular formula is C13H17FN2S2. The summed E-state index contributed by atoms with van der Waals surface area (Å²) in [6.07, 6.45) is 0. The highest BCUT2D eigenvalue weighted by Crippen LogP contribution is 2.21. The SMILES string of the molecule is CC1CN(Cc2cc(F)ccc2C(N)=S)CCS1. The molecule has 1 aromatic carbocycles. The molecule has 0 saturated carbocycles. The first kappa shape index (κ1) is 13.8. The summed E-state index contributed by atoms with van der Waals surface area (Å²) in [5, 5.41) is 0.626. The van der Waals surface area contributed by atoms with Gasteiger partial charge in [0.2, 0.25) is 0 Å². The maximum atomic E-state index is 13.3. The van der Waals surface area contributed by atoms with Crippen LogP contribution in [0.5, 0.6) is 0 Å². The van der Waals surface area contributed by atoms with E-state index in [1.165, 1.54) is 6.07 Å². The zero-order chi connectivity index (χ0) is 13.1. The summed E-state index contributed by atoms with van der Waals surface area (Å²) in [5.41, 5.74) is 7.36. The molecule has 1 fully saturated rings. The molecule has 1 saturated heterocycles. The molecular weight excluding hydrogens is 267 g/mol. The van der Waals surface area contributed by atoms with Crippen LogP contribution < -0.4 is 5.73 Å². The molecule has 2 N–H and O–H groups in total. The lowest BCUT2D eigenvalue weighted by Gasteiger charge is -2.31. The van der Waals surface area contributed by atoms with Gasteiger partial charge in [-0.25, -0.2) is 4.39 Å². The van der Waals surface area contributed by atoms with Gasteiger partial charge in [-0.3, -0.25) is 4.90 Å². The molecule has 2 nitrogen and oxygen atoms in total. The van der Waals surface area contributed by atoms with Crippen molar-refractivity contribution in [2.75, 3.05) is 18.8 Å². The van der Waals surface area contributed by atoms with Crippen LogP contribution in [0, 0.1) is 5.82 Å². The number of hydrogen-bond donors (Lipinski definition) is 1. The Kier molecular flexibility index (Phi) is 4.59. The van der Waals surface area contributed by atoms with Crippen LogP contribution in [0.25, 0.3) is 0 Å². The largest absolute Gasteiger partial charge is 0.389 e. The van der Waals surface area contributed by atoms with E-state index in [0.29, 0.717) is 10.2 Å². The monoisotopic (exact) mass is 284 g/mol. The Labute approximate surface area is 117 Å². The molecule has 18 heavy (non-hydrogen) atoms. The highest BCUT2D eigenvalue weighted by molar-refractivity contribution is 7.99. The van der Waals surface area contributed by atoms with Crippen molar-refractivity contribution in [3.8, 4) is 0 Å². The summed E-state index contributed by atoms with van der Waals surface area (Å²) < 4.78 is 13.3. The number of thiocarbonyl (C=S) groups is 1. The molecule has 2 rings (SSSR count). The van der Waals surface area contributed by atoms with Crippen LogP contribution in [0.15, 0.2) is 18.2 Å². The molecule has 0 aliphatic carbocycles. The Morgan fingerprint density at radius 2 is 2.39 bits per heavy atom. The first-order chi connectivity index (χ1) is 8.56. The van der Waals surface area contributed by atoms with Crippen LogP contribution >= 0.6 is 24.0 Å². The summed E-state index contributed by atoms with van der Waals surface area (Å²) in [6.45, 7) is 4.99. The van der Waals surface area contributed by atoms with E-state index in [0.717, 1.165) is 36.5 Å². The van der Waals surface area contributed by atoms with Crippen LogP contribution in [0.2, 0.25) is 0 Å². The van der Waals surface area contributed by atoms with Gasteiger partial charge in [0.25, 0.3) is 0 Å². The van der Waals surface area contributed by atoms with Crippen LogP contribution in [-0.4, -0.2) is 34.0 Å². The number of nitrogens with two attached hydrogens (primary N) is 1. The second-order valence-electron chi connectivity index (χ2n) is 4.58. The average Bonchev–Trinajstić information content (AvgIpc) is 2.28. The first-order valence-corrected chi connectivity index (χ1v) is 7.44. The van der Waals surface area contributed by atoms with E-state index in [-0.39, 0.29) is 5.82 Å². The van der Waals surface area contributed by atoms with Gasteiger partial charge in [-0.15, -0.1) is 0 Å². The van der Waals surface area contributed by atoms with Crippen LogP contribution in [0.4, 0.5) is 4.39 Å². The quantitative estimate of drug-likeness (QED) is 0.863. The van der Waals surface area contributed by atoms with Crippen molar-refractivity contribution in [1.82, 2.24) is 4.90 Å². The van der Waals surface area contributed by atoms with Crippen LogP contribution in [-0.2, 0) is 6.54 Å². The highest BCUT2D eigenvalue weighted by atomic mass is 32.2. The lowest BCUT2D eigenvalue weighted by Crippen LogP contribution is -2.36. The fraction of sp³-hybridized carbons (Fsp3) is 0.462. The molecule has 0 radical (unpaired) electrons. The fourth-order valence-electron chi connectivity index (χ4n) is 2.21. The minimum absolute atomic E-state index is 0.232. The number of benzene rings is 1. The predicted octanol–water partition coefficient (Wildman–Crippen LogP) is 2.40. The molecule has 1 aliphatic rings. The van der Waals surface area contributed by atoms with Crippen molar-refractivity contribution in [2.24, 2.45) is 5.73 Å². The second-order valence-corrected chi connectivity index (χ2v) is 6.57.